The molecule has 0 aromatic heterocycles. The van der Waals surface area contributed by atoms with Crippen LogP contribution in [0.4, 0.5) is 0 Å². The number of carbonyl (C=O) groups excluding carboxylic acids is 1. The van der Waals surface area contributed by atoms with E-state index in [-0.39, 0.29) is 18.4 Å². The maximum atomic E-state index is 12.0. The molecule has 3 nitrogen and oxygen atoms in total. The Hall–Kier alpha value is -1.35. The molecular formula is C16H25NO2. The molecule has 0 radical (unpaired) electrons. The molecule has 0 aliphatic rings. The molecule has 0 fully saturated rings. The number of aliphatic hydroxyl groups is 1. The van der Waals surface area contributed by atoms with Crippen LogP contribution in [0.2, 0.25) is 0 Å². The highest BCUT2D eigenvalue weighted by Gasteiger charge is 2.21. The predicted octanol–water partition coefficient (Wildman–Crippen LogP) is 2.70. The highest BCUT2D eigenvalue weighted by Crippen LogP contribution is 2.27. The summed E-state index contributed by atoms with van der Waals surface area (Å²) in [4.78, 5) is 12.0. The molecule has 1 aromatic rings. The Kier molecular flexibility index (Phi) is 5.55. The molecule has 0 bridgehead atoms. The molecule has 2 N–H and O–H groups in total. The summed E-state index contributed by atoms with van der Waals surface area (Å²) in [6, 6.07) is 10.1. The van der Waals surface area contributed by atoms with Crippen LogP contribution in [0.3, 0.4) is 0 Å². The summed E-state index contributed by atoms with van der Waals surface area (Å²) in [6.45, 7) is 7.90. The number of carbonyl (C=O) groups is 1. The fraction of sp³-hybridized carbons (Fsp3) is 0.562. The summed E-state index contributed by atoms with van der Waals surface area (Å²) >= 11 is 0. The Labute approximate surface area is 116 Å². The highest BCUT2D eigenvalue weighted by atomic mass is 16.3. The van der Waals surface area contributed by atoms with Gasteiger partial charge in [-0.3, -0.25) is 4.79 Å². The second kappa shape index (κ2) is 6.71. The maximum absolute atomic E-state index is 12.0. The predicted molar refractivity (Wildman–Crippen MR) is 77.9 cm³/mol. The van der Waals surface area contributed by atoms with Crippen molar-refractivity contribution in [1.29, 1.82) is 0 Å². The Bertz CT molecular complexity index is 393. The normalized spacial score (nSPS) is 13.4. The summed E-state index contributed by atoms with van der Waals surface area (Å²) in [5, 5.41) is 12.4. The molecule has 0 spiro atoms. The number of rotatable bonds is 6. The van der Waals surface area contributed by atoms with Crippen LogP contribution in [-0.2, 0) is 4.79 Å². The summed E-state index contributed by atoms with van der Waals surface area (Å²) in [6.07, 6.45) is 0.456. The lowest BCUT2D eigenvalue weighted by molar-refractivity contribution is -0.122. The summed E-state index contributed by atoms with van der Waals surface area (Å²) < 4.78 is 0. The van der Waals surface area contributed by atoms with E-state index in [4.69, 9.17) is 0 Å². The van der Waals surface area contributed by atoms with E-state index in [1.54, 1.807) is 13.8 Å². The first-order chi connectivity index (χ1) is 8.79. The van der Waals surface area contributed by atoms with E-state index in [0.717, 1.165) is 0 Å². The lowest BCUT2D eigenvalue weighted by atomic mass is 9.85. The molecule has 1 unspecified atom stereocenters. The van der Waals surface area contributed by atoms with Crippen molar-refractivity contribution in [2.75, 3.05) is 6.54 Å². The van der Waals surface area contributed by atoms with Gasteiger partial charge in [0, 0.05) is 13.0 Å². The smallest absolute Gasteiger partial charge is 0.220 e. The molecule has 106 valence electrons. The van der Waals surface area contributed by atoms with Crippen molar-refractivity contribution in [3.63, 3.8) is 0 Å². The van der Waals surface area contributed by atoms with Crippen LogP contribution in [0.15, 0.2) is 30.3 Å². The molecule has 0 saturated heterocycles. The van der Waals surface area contributed by atoms with Gasteiger partial charge in [-0.2, -0.15) is 0 Å². The number of hydrogen-bond acceptors (Lipinski definition) is 2. The van der Waals surface area contributed by atoms with Crippen molar-refractivity contribution in [3.8, 4) is 0 Å². The topological polar surface area (TPSA) is 49.3 Å². The minimum atomic E-state index is -0.865. The second-order valence-corrected chi connectivity index (χ2v) is 6.05. The fourth-order valence-corrected chi connectivity index (χ4v) is 2.03. The molecule has 3 heteroatoms. The quantitative estimate of drug-likeness (QED) is 0.829. The monoisotopic (exact) mass is 263 g/mol. The van der Waals surface area contributed by atoms with Gasteiger partial charge in [0.25, 0.3) is 0 Å². The standard InChI is InChI=1S/C16H25NO2/c1-12(2)14(13-8-6-5-7-9-13)10-15(18)17-11-16(3,4)19/h5-9,12,14,19H,10-11H2,1-4H3,(H,17,18). The fourth-order valence-electron chi connectivity index (χ4n) is 2.03. The van der Waals surface area contributed by atoms with Gasteiger partial charge in [-0.1, -0.05) is 44.2 Å². The Morgan fingerprint density at radius 1 is 1.26 bits per heavy atom. The van der Waals surface area contributed by atoms with E-state index in [1.165, 1.54) is 5.56 Å². The van der Waals surface area contributed by atoms with Crippen molar-refractivity contribution in [2.45, 2.75) is 45.6 Å². The minimum Gasteiger partial charge on any atom is -0.389 e. The Morgan fingerprint density at radius 2 is 1.84 bits per heavy atom. The number of nitrogens with one attached hydrogen (secondary N) is 1. The third-order valence-corrected chi connectivity index (χ3v) is 3.16. The largest absolute Gasteiger partial charge is 0.389 e. The van der Waals surface area contributed by atoms with Crippen LogP contribution in [0.1, 0.15) is 45.6 Å². The van der Waals surface area contributed by atoms with Gasteiger partial charge in [-0.25, -0.2) is 0 Å². The summed E-state index contributed by atoms with van der Waals surface area (Å²) in [5.74, 6) is 0.600. The Morgan fingerprint density at radius 3 is 2.32 bits per heavy atom. The number of hydrogen-bond donors (Lipinski definition) is 2. The van der Waals surface area contributed by atoms with E-state index >= 15 is 0 Å². The first-order valence-electron chi connectivity index (χ1n) is 6.83. The second-order valence-electron chi connectivity index (χ2n) is 6.05. The SMILES string of the molecule is CC(C)C(CC(=O)NCC(C)(C)O)c1ccccc1. The van der Waals surface area contributed by atoms with Gasteiger partial charge in [-0.05, 0) is 31.2 Å². The first kappa shape index (κ1) is 15.7. The van der Waals surface area contributed by atoms with Gasteiger partial charge in [0.2, 0.25) is 5.91 Å². The van der Waals surface area contributed by atoms with Crippen LogP contribution in [0.25, 0.3) is 0 Å². The summed E-state index contributed by atoms with van der Waals surface area (Å²) in [7, 11) is 0. The molecule has 1 amide bonds. The van der Waals surface area contributed by atoms with Crippen molar-refractivity contribution in [3.05, 3.63) is 35.9 Å². The molecule has 1 atom stereocenters. The lowest BCUT2D eigenvalue weighted by Gasteiger charge is -2.22. The van der Waals surface area contributed by atoms with E-state index in [2.05, 4.69) is 31.3 Å². The molecule has 1 aromatic carbocycles. The van der Waals surface area contributed by atoms with Gasteiger partial charge in [-0.15, -0.1) is 0 Å². The molecule has 1 rings (SSSR count). The maximum Gasteiger partial charge on any atom is 0.220 e. The van der Waals surface area contributed by atoms with Gasteiger partial charge < -0.3 is 10.4 Å². The Balaban J connectivity index is 2.63. The van der Waals surface area contributed by atoms with E-state index in [9.17, 15) is 9.90 Å². The van der Waals surface area contributed by atoms with Crippen molar-refractivity contribution in [2.24, 2.45) is 5.92 Å². The minimum absolute atomic E-state index is 0.00956. The van der Waals surface area contributed by atoms with Gasteiger partial charge in [0.1, 0.15) is 0 Å². The van der Waals surface area contributed by atoms with Crippen molar-refractivity contribution >= 4 is 5.91 Å². The molecule has 0 aliphatic heterocycles. The van der Waals surface area contributed by atoms with Gasteiger partial charge in [0.15, 0.2) is 0 Å². The van der Waals surface area contributed by atoms with Crippen LogP contribution in [0, 0.1) is 5.92 Å². The molecule has 0 aliphatic carbocycles. The zero-order chi connectivity index (χ0) is 14.5. The highest BCUT2D eigenvalue weighted by molar-refractivity contribution is 5.77. The third-order valence-electron chi connectivity index (χ3n) is 3.16. The van der Waals surface area contributed by atoms with Crippen molar-refractivity contribution < 1.29 is 9.90 Å². The molecule has 0 heterocycles. The first-order valence-corrected chi connectivity index (χ1v) is 6.83. The van der Waals surface area contributed by atoms with Crippen LogP contribution in [0.5, 0.6) is 0 Å². The third kappa shape index (κ3) is 5.88. The van der Waals surface area contributed by atoms with Crippen LogP contribution >= 0.6 is 0 Å². The van der Waals surface area contributed by atoms with Gasteiger partial charge in [0.05, 0.1) is 5.60 Å². The number of benzene rings is 1. The molecular weight excluding hydrogens is 238 g/mol. The van der Waals surface area contributed by atoms with Crippen LogP contribution < -0.4 is 5.32 Å². The van der Waals surface area contributed by atoms with Crippen LogP contribution in [-0.4, -0.2) is 23.2 Å². The zero-order valence-corrected chi connectivity index (χ0v) is 12.3. The summed E-state index contributed by atoms with van der Waals surface area (Å²) in [5.41, 5.74) is 0.325. The number of amides is 1. The van der Waals surface area contributed by atoms with Crippen molar-refractivity contribution in [1.82, 2.24) is 5.32 Å². The average molecular weight is 263 g/mol. The lowest BCUT2D eigenvalue weighted by Crippen LogP contribution is -2.38. The molecule has 19 heavy (non-hydrogen) atoms. The van der Waals surface area contributed by atoms with Gasteiger partial charge >= 0.3 is 0 Å². The zero-order valence-electron chi connectivity index (χ0n) is 12.3. The molecule has 0 saturated carbocycles. The van der Waals surface area contributed by atoms with E-state index < -0.39 is 5.60 Å². The average Bonchev–Trinajstić information content (AvgIpc) is 2.33. The van der Waals surface area contributed by atoms with E-state index in [0.29, 0.717) is 12.3 Å². The van der Waals surface area contributed by atoms with E-state index in [1.807, 2.05) is 18.2 Å².